The molecule has 0 aliphatic rings. The molecule has 0 saturated heterocycles. The van der Waals surface area contributed by atoms with E-state index < -0.39 is 11.6 Å². The number of hydrogen-bond donors (Lipinski definition) is 1. The van der Waals surface area contributed by atoms with Crippen molar-refractivity contribution in [2.24, 2.45) is 0 Å². The second kappa shape index (κ2) is 5.65. The number of aromatic nitrogens is 1. The predicted molar refractivity (Wildman–Crippen MR) is 69.2 cm³/mol. The molecule has 0 aliphatic carbocycles. The number of nitrogens with one attached hydrogen (secondary N) is 1. The van der Waals surface area contributed by atoms with Crippen LogP contribution in [0.3, 0.4) is 0 Å². The maximum atomic E-state index is 13.8. The van der Waals surface area contributed by atoms with Gasteiger partial charge in [0.15, 0.2) is 5.82 Å². The van der Waals surface area contributed by atoms with Gasteiger partial charge in [-0.15, -0.1) is 0 Å². The molecular formula is C14H14F2N2O. The van der Waals surface area contributed by atoms with E-state index in [4.69, 9.17) is 4.74 Å². The molecule has 0 bridgehead atoms. The highest BCUT2D eigenvalue weighted by molar-refractivity contribution is 5.49. The number of pyridine rings is 1. The summed E-state index contributed by atoms with van der Waals surface area (Å²) in [6, 6.07) is 6.16. The summed E-state index contributed by atoms with van der Waals surface area (Å²) in [6.45, 7) is 1.82. The fraction of sp³-hybridized carbons (Fsp3) is 0.214. The van der Waals surface area contributed by atoms with Crippen molar-refractivity contribution in [1.29, 1.82) is 0 Å². The van der Waals surface area contributed by atoms with Crippen LogP contribution in [0.2, 0.25) is 0 Å². The third-order valence-electron chi connectivity index (χ3n) is 2.78. The van der Waals surface area contributed by atoms with E-state index >= 15 is 0 Å². The van der Waals surface area contributed by atoms with Crippen LogP contribution in [0.1, 0.15) is 11.1 Å². The Morgan fingerprint density at radius 2 is 2.05 bits per heavy atom. The van der Waals surface area contributed by atoms with Gasteiger partial charge in [-0.2, -0.15) is 0 Å². The highest BCUT2D eigenvalue weighted by atomic mass is 19.1. The van der Waals surface area contributed by atoms with Crippen molar-refractivity contribution in [1.82, 2.24) is 4.98 Å². The molecule has 0 fully saturated rings. The molecule has 0 aliphatic heterocycles. The number of anilines is 1. The van der Waals surface area contributed by atoms with Crippen molar-refractivity contribution >= 4 is 5.69 Å². The maximum absolute atomic E-state index is 13.8. The lowest BCUT2D eigenvalue weighted by Gasteiger charge is -2.12. The van der Waals surface area contributed by atoms with E-state index in [1.54, 1.807) is 25.3 Å². The fourth-order valence-electron chi connectivity index (χ4n) is 1.74. The van der Waals surface area contributed by atoms with E-state index in [2.05, 4.69) is 10.3 Å². The van der Waals surface area contributed by atoms with Crippen molar-refractivity contribution in [2.75, 3.05) is 12.4 Å². The van der Waals surface area contributed by atoms with Crippen molar-refractivity contribution in [3.63, 3.8) is 0 Å². The SMILES string of the molecule is COc1ncccc1CNc1c(F)ccc(C)c1F. The molecule has 0 atom stereocenters. The van der Waals surface area contributed by atoms with E-state index in [1.807, 2.05) is 0 Å². The summed E-state index contributed by atoms with van der Waals surface area (Å²) in [5.41, 5.74) is 0.985. The van der Waals surface area contributed by atoms with E-state index in [9.17, 15) is 8.78 Å². The molecule has 3 nitrogen and oxygen atoms in total. The van der Waals surface area contributed by atoms with Gasteiger partial charge in [-0.3, -0.25) is 0 Å². The average Bonchev–Trinajstić information content (AvgIpc) is 2.43. The molecular weight excluding hydrogens is 250 g/mol. The zero-order valence-corrected chi connectivity index (χ0v) is 10.7. The molecule has 2 rings (SSSR count). The molecule has 0 unspecified atom stereocenters. The molecule has 19 heavy (non-hydrogen) atoms. The van der Waals surface area contributed by atoms with Gasteiger partial charge in [-0.05, 0) is 24.6 Å². The first-order valence-corrected chi connectivity index (χ1v) is 5.80. The van der Waals surface area contributed by atoms with E-state index in [0.717, 1.165) is 5.56 Å². The molecule has 2 aromatic rings. The lowest BCUT2D eigenvalue weighted by Crippen LogP contribution is -2.06. The number of hydrogen-bond acceptors (Lipinski definition) is 3. The molecule has 0 spiro atoms. The second-order valence-corrected chi connectivity index (χ2v) is 4.08. The molecule has 0 radical (unpaired) electrons. The van der Waals surface area contributed by atoms with Gasteiger partial charge >= 0.3 is 0 Å². The molecule has 5 heteroatoms. The van der Waals surface area contributed by atoms with Crippen LogP contribution >= 0.6 is 0 Å². The summed E-state index contributed by atoms with van der Waals surface area (Å²) in [6.07, 6.45) is 1.59. The Bertz CT molecular complexity index is 588. The largest absolute Gasteiger partial charge is 0.481 e. The first-order chi connectivity index (χ1) is 9.13. The van der Waals surface area contributed by atoms with Crippen LogP contribution < -0.4 is 10.1 Å². The Morgan fingerprint density at radius 3 is 2.79 bits per heavy atom. The highest BCUT2D eigenvalue weighted by Crippen LogP contribution is 2.23. The Kier molecular flexibility index (Phi) is 3.94. The van der Waals surface area contributed by atoms with E-state index in [1.165, 1.54) is 19.2 Å². The van der Waals surface area contributed by atoms with Gasteiger partial charge in [0, 0.05) is 18.3 Å². The zero-order chi connectivity index (χ0) is 13.8. The van der Waals surface area contributed by atoms with E-state index in [0.29, 0.717) is 11.4 Å². The van der Waals surface area contributed by atoms with Crippen LogP contribution in [0.15, 0.2) is 30.5 Å². The van der Waals surface area contributed by atoms with Gasteiger partial charge in [-0.25, -0.2) is 13.8 Å². The van der Waals surface area contributed by atoms with Gasteiger partial charge in [0.05, 0.1) is 7.11 Å². The predicted octanol–water partition coefficient (Wildman–Crippen LogP) is 3.29. The molecule has 0 amide bonds. The molecule has 0 saturated carbocycles. The summed E-state index contributed by atoms with van der Waals surface area (Å²) in [7, 11) is 1.50. The Hall–Kier alpha value is -2.17. The molecule has 1 aromatic heterocycles. The molecule has 1 N–H and O–H groups in total. The van der Waals surface area contributed by atoms with Crippen LogP contribution in [0.5, 0.6) is 5.88 Å². The Labute approximate surface area is 110 Å². The summed E-state index contributed by atoms with van der Waals surface area (Å²) >= 11 is 0. The van der Waals surface area contributed by atoms with Gasteiger partial charge in [0.25, 0.3) is 0 Å². The van der Waals surface area contributed by atoms with Crippen LogP contribution in [0.25, 0.3) is 0 Å². The number of methoxy groups -OCH3 is 1. The molecule has 100 valence electrons. The zero-order valence-electron chi connectivity index (χ0n) is 10.7. The highest BCUT2D eigenvalue weighted by Gasteiger charge is 2.12. The van der Waals surface area contributed by atoms with Crippen molar-refractivity contribution in [3.05, 3.63) is 53.2 Å². The normalized spacial score (nSPS) is 10.3. The van der Waals surface area contributed by atoms with Crippen LogP contribution in [0.4, 0.5) is 14.5 Å². The fourth-order valence-corrected chi connectivity index (χ4v) is 1.74. The van der Waals surface area contributed by atoms with Crippen LogP contribution in [-0.2, 0) is 6.54 Å². The summed E-state index contributed by atoms with van der Waals surface area (Å²) < 4.78 is 32.4. The number of halogens is 2. The van der Waals surface area contributed by atoms with Gasteiger partial charge in [0.2, 0.25) is 5.88 Å². The smallest absolute Gasteiger partial charge is 0.218 e. The second-order valence-electron chi connectivity index (χ2n) is 4.08. The van der Waals surface area contributed by atoms with Crippen LogP contribution in [-0.4, -0.2) is 12.1 Å². The van der Waals surface area contributed by atoms with Crippen molar-refractivity contribution in [2.45, 2.75) is 13.5 Å². The number of aryl methyl sites for hydroxylation is 1. The van der Waals surface area contributed by atoms with Gasteiger partial charge < -0.3 is 10.1 Å². The first-order valence-electron chi connectivity index (χ1n) is 5.80. The van der Waals surface area contributed by atoms with Crippen molar-refractivity contribution in [3.8, 4) is 5.88 Å². The average molecular weight is 264 g/mol. The summed E-state index contributed by atoms with van der Waals surface area (Å²) in [5, 5.41) is 2.74. The maximum Gasteiger partial charge on any atom is 0.218 e. The lowest BCUT2D eigenvalue weighted by molar-refractivity contribution is 0.393. The minimum absolute atomic E-state index is 0.133. The third-order valence-corrected chi connectivity index (χ3v) is 2.78. The summed E-state index contributed by atoms with van der Waals surface area (Å²) in [4.78, 5) is 4.02. The minimum Gasteiger partial charge on any atom is -0.481 e. The lowest BCUT2D eigenvalue weighted by atomic mass is 10.2. The summed E-state index contributed by atoms with van der Waals surface area (Å²) in [5.74, 6) is -0.766. The first kappa shape index (κ1) is 13.3. The molecule has 1 heterocycles. The monoisotopic (exact) mass is 264 g/mol. The van der Waals surface area contributed by atoms with Gasteiger partial charge in [-0.1, -0.05) is 12.1 Å². The van der Waals surface area contributed by atoms with Crippen LogP contribution in [0, 0.1) is 18.6 Å². The Morgan fingerprint density at radius 1 is 1.26 bits per heavy atom. The number of ether oxygens (including phenoxy) is 1. The number of nitrogens with zero attached hydrogens (tertiary/aromatic N) is 1. The standard InChI is InChI=1S/C14H14F2N2O/c1-9-5-6-11(15)13(12(9)16)18-8-10-4-3-7-17-14(10)19-2/h3-7,18H,8H2,1-2H3. The number of rotatable bonds is 4. The molecule has 1 aromatic carbocycles. The number of benzene rings is 1. The third kappa shape index (κ3) is 2.81. The Balaban J connectivity index is 2.21. The van der Waals surface area contributed by atoms with Gasteiger partial charge in [0.1, 0.15) is 11.5 Å². The van der Waals surface area contributed by atoms with Crippen molar-refractivity contribution < 1.29 is 13.5 Å². The van der Waals surface area contributed by atoms with E-state index in [-0.39, 0.29) is 12.2 Å². The quantitative estimate of drug-likeness (QED) is 0.920. The topological polar surface area (TPSA) is 34.1 Å². The minimum atomic E-state index is -0.619.